The van der Waals surface area contributed by atoms with E-state index in [4.69, 9.17) is 10.5 Å². The van der Waals surface area contributed by atoms with E-state index >= 15 is 0 Å². The Morgan fingerprint density at radius 1 is 1.43 bits per heavy atom. The number of carbonyl (C=O) groups excluding carboxylic acids is 1. The van der Waals surface area contributed by atoms with E-state index in [9.17, 15) is 4.79 Å². The quantitative estimate of drug-likeness (QED) is 0.635. The normalized spacial score (nSPS) is 21.7. The number of amides is 1. The molecular weight excluding hydrogens is 180 g/mol. The Hall–Kier alpha value is -1.55. The fraction of sp³-hybridized carbons (Fsp3) is 0.300. The van der Waals surface area contributed by atoms with E-state index in [1.54, 1.807) is 6.07 Å². The lowest BCUT2D eigenvalue weighted by molar-refractivity contribution is -0.138. The third-order valence-corrected chi connectivity index (χ3v) is 2.20. The lowest BCUT2D eigenvalue weighted by Gasteiger charge is -2.23. The van der Waals surface area contributed by atoms with Gasteiger partial charge in [0, 0.05) is 17.8 Å². The number of nitrogens with one attached hydrogen (secondary N) is 1. The number of hydrogen-bond acceptors (Lipinski definition) is 3. The van der Waals surface area contributed by atoms with Gasteiger partial charge in [0.15, 0.2) is 6.10 Å². The van der Waals surface area contributed by atoms with Gasteiger partial charge in [-0.15, -0.1) is 0 Å². The Morgan fingerprint density at radius 3 is 2.93 bits per heavy atom. The van der Waals surface area contributed by atoms with E-state index in [1.165, 1.54) is 0 Å². The molecule has 1 aliphatic heterocycles. The van der Waals surface area contributed by atoms with E-state index in [-0.39, 0.29) is 5.91 Å². The fourth-order valence-electron chi connectivity index (χ4n) is 1.50. The molecule has 0 radical (unpaired) electrons. The molecule has 1 atom stereocenters. The van der Waals surface area contributed by atoms with E-state index < -0.39 is 6.10 Å². The van der Waals surface area contributed by atoms with Crippen molar-refractivity contribution in [2.45, 2.75) is 6.10 Å². The van der Waals surface area contributed by atoms with Gasteiger partial charge in [-0.1, -0.05) is 18.2 Å². The molecule has 1 aromatic rings. The van der Waals surface area contributed by atoms with E-state index in [0.29, 0.717) is 18.8 Å². The third-order valence-electron chi connectivity index (χ3n) is 2.20. The molecule has 74 valence electrons. The Balaban J connectivity index is 2.29. The van der Waals surface area contributed by atoms with Crippen LogP contribution in [0.2, 0.25) is 0 Å². The van der Waals surface area contributed by atoms with Gasteiger partial charge in [0.05, 0.1) is 6.61 Å². The van der Waals surface area contributed by atoms with Crippen LogP contribution in [-0.2, 0) is 9.53 Å². The summed E-state index contributed by atoms with van der Waals surface area (Å²) in [4.78, 5) is 11.5. The van der Waals surface area contributed by atoms with Crippen LogP contribution in [0.15, 0.2) is 24.3 Å². The first-order valence-electron chi connectivity index (χ1n) is 4.53. The molecule has 1 fully saturated rings. The van der Waals surface area contributed by atoms with E-state index in [2.05, 4.69) is 5.32 Å². The summed E-state index contributed by atoms with van der Waals surface area (Å²) < 4.78 is 5.37. The van der Waals surface area contributed by atoms with Crippen LogP contribution in [0.3, 0.4) is 0 Å². The van der Waals surface area contributed by atoms with Gasteiger partial charge >= 0.3 is 0 Å². The zero-order valence-electron chi connectivity index (χ0n) is 7.69. The molecule has 1 saturated heterocycles. The zero-order valence-corrected chi connectivity index (χ0v) is 7.69. The van der Waals surface area contributed by atoms with Crippen molar-refractivity contribution in [3.05, 3.63) is 29.8 Å². The van der Waals surface area contributed by atoms with Crippen molar-refractivity contribution in [2.24, 2.45) is 0 Å². The molecule has 1 unspecified atom stereocenters. The highest BCUT2D eigenvalue weighted by Crippen LogP contribution is 2.24. The van der Waals surface area contributed by atoms with Crippen molar-refractivity contribution < 1.29 is 9.53 Å². The summed E-state index contributed by atoms with van der Waals surface area (Å²) in [5.41, 5.74) is 7.09. The minimum Gasteiger partial charge on any atom is -0.398 e. The standard InChI is InChI=1S/C10H12N2O2/c11-8-4-2-1-3-7(8)9-10(13)12-5-6-14-9/h1-4,9H,5-6,11H2,(H,12,13). The molecule has 14 heavy (non-hydrogen) atoms. The largest absolute Gasteiger partial charge is 0.398 e. The van der Waals surface area contributed by atoms with Crippen LogP contribution in [0.1, 0.15) is 11.7 Å². The lowest BCUT2D eigenvalue weighted by Crippen LogP contribution is -2.39. The number of carbonyl (C=O) groups is 1. The third kappa shape index (κ3) is 1.56. The number of para-hydroxylation sites is 1. The first-order chi connectivity index (χ1) is 6.79. The summed E-state index contributed by atoms with van der Waals surface area (Å²) in [5.74, 6) is -0.117. The van der Waals surface area contributed by atoms with E-state index in [1.807, 2.05) is 18.2 Å². The van der Waals surface area contributed by atoms with Gasteiger partial charge < -0.3 is 15.8 Å². The number of rotatable bonds is 1. The number of ether oxygens (including phenoxy) is 1. The maximum absolute atomic E-state index is 11.5. The Labute approximate surface area is 82.1 Å². The molecule has 4 heteroatoms. The SMILES string of the molecule is Nc1ccccc1C1OCCNC1=O. The predicted octanol–water partition coefficient (Wildman–Crippen LogP) is 0.456. The summed E-state index contributed by atoms with van der Waals surface area (Å²) in [7, 11) is 0. The van der Waals surface area contributed by atoms with Crippen LogP contribution in [-0.4, -0.2) is 19.1 Å². The second-order valence-electron chi connectivity index (χ2n) is 3.17. The number of hydrogen-bond donors (Lipinski definition) is 2. The molecule has 3 N–H and O–H groups in total. The average molecular weight is 192 g/mol. The van der Waals surface area contributed by atoms with Crippen LogP contribution < -0.4 is 11.1 Å². The summed E-state index contributed by atoms with van der Waals surface area (Å²) in [5, 5.41) is 2.74. The Morgan fingerprint density at radius 2 is 2.21 bits per heavy atom. The molecule has 1 aromatic carbocycles. The van der Waals surface area contributed by atoms with Gasteiger partial charge in [0.1, 0.15) is 0 Å². The van der Waals surface area contributed by atoms with Crippen molar-refractivity contribution >= 4 is 11.6 Å². The minimum atomic E-state index is -0.551. The second-order valence-corrected chi connectivity index (χ2v) is 3.17. The monoisotopic (exact) mass is 192 g/mol. The molecule has 1 aliphatic rings. The highest BCUT2D eigenvalue weighted by atomic mass is 16.5. The Kier molecular flexibility index (Phi) is 2.37. The van der Waals surface area contributed by atoms with Gasteiger partial charge in [0.2, 0.25) is 0 Å². The van der Waals surface area contributed by atoms with Crippen molar-refractivity contribution in [2.75, 3.05) is 18.9 Å². The Bertz CT molecular complexity index is 352. The van der Waals surface area contributed by atoms with Crippen LogP contribution in [0.5, 0.6) is 0 Å². The smallest absolute Gasteiger partial charge is 0.253 e. The number of anilines is 1. The van der Waals surface area contributed by atoms with Gasteiger partial charge in [-0.05, 0) is 6.07 Å². The van der Waals surface area contributed by atoms with Gasteiger partial charge in [-0.3, -0.25) is 4.79 Å². The maximum atomic E-state index is 11.5. The molecule has 2 rings (SSSR count). The number of nitrogens with two attached hydrogens (primary N) is 1. The highest BCUT2D eigenvalue weighted by molar-refractivity contribution is 5.84. The summed E-state index contributed by atoms with van der Waals surface area (Å²) >= 11 is 0. The number of benzene rings is 1. The molecule has 0 aromatic heterocycles. The first kappa shape index (κ1) is 9.02. The van der Waals surface area contributed by atoms with Crippen molar-refractivity contribution in [1.82, 2.24) is 5.32 Å². The summed E-state index contributed by atoms with van der Waals surface area (Å²) in [6.07, 6.45) is -0.551. The van der Waals surface area contributed by atoms with Crippen LogP contribution in [0, 0.1) is 0 Å². The number of morpholine rings is 1. The molecule has 1 amide bonds. The minimum absolute atomic E-state index is 0.117. The molecule has 0 spiro atoms. The van der Waals surface area contributed by atoms with Crippen molar-refractivity contribution in [3.8, 4) is 0 Å². The zero-order chi connectivity index (χ0) is 9.97. The van der Waals surface area contributed by atoms with Gasteiger partial charge in [0.25, 0.3) is 5.91 Å². The molecule has 0 bridgehead atoms. The average Bonchev–Trinajstić information content (AvgIpc) is 2.20. The van der Waals surface area contributed by atoms with Gasteiger partial charge in [-0.25, -0.2) is 0 Å². The highest BCUT2D eigenvalue weighted by Gasteiger charge is 2.25. The predicted molar refractivity (Wildman–Crippen MR) is 52.6 cm³/mol. The van der Waals surface area contributed by atoms with Gasteiger partial charge in [-0.2, -0.15) is 0 Å². The maximum Gasteiger partial charge on any atom is 0.253 e. The molecular formula is C10H12N2O2. The van der Waals surface area contributed by atoms with Crippen molar-refractivity contribution in [3.63, 3.8) is 0 Å². The summed E-state index contributed by atoms with van der Waals surface area (Å²) in [6, 6.07) is 7.25. The molecule has 0 saturated carbocycles. The molecule has 0 aliphatic carbocycles. The lowest BCUT2D eigenvalue weighted by atomic mass is 10.1. The topological polar surface area (TPSA) is 64.3 Å². The van der Waals surface area contributed by atoms with Crippen molar-refractivity contribution in [1.29, 1.82) is 0 Å². The second kappa shape index (κ2) is 3.67. The summed E-state index contributed by atoms with van der Waals surface area (Å²) in [6.45, 7) is 1.10. The first-order valence-corrected chi connectivity index (χ1v) is 4.53. The molecule has 4 nitrogen and oxygen atoms in total. The van der Waals surface area contributed by atoms with E-state index in [0.717, 1.165) is 5.56 Å². The number of nitrogen functional groups attached to an aromatic ring is 1. The van der Waals surface area contributed by atoms with Crippen LogP contribution >= 0.6 is 0 Å². The van der Waals surface area contributed by atoms with Crippen LogP contribution in [0.25, 0.3) is 0 Å². The molecule has 1 heterocycles. The fourth-order valence-corrected chi connectivity index (χ4v) is 1.50. The van der Waals surface area contributed by atoms with Crippen LogP contribution in [0.4, 0.5) is 5.69 Å².